The summed E-state index contributed by atoms with van der Waals surface area (Å²) in [6, 6.07) is 24.3. The number of carbonyl (C=O) groups excluding carboxylic acids is 2. The summed E-state index contributed by atoms with van der Waals surface area (Å²) in [4.78, 5) is 23.6. The highest BCUT2D eigenvalue weighted by molar-refractivity contribution is 7.99. The van der Waals surface area contributed by atoms with Crippen LogP contribution in [0.2, 0.25) is 0 Å². The molecule has 0 aliphatic carbocycles. The van der Waals surface area contributed by atoms with Gasteiger partial charge in [0.2, 0.25) is 5.91 Å². The largest absolute Gasteiger partial charge is 0.489 e. The molecule has 8 heteroatoms. The molecule has 0 fully saturated rings. The van der Waals surface area contributed by atoms with Crippen LogP contribution in [-0.4, -0.2) is 26.8 Å². The third-order valence-corrected chi connectivity index (χ3v) is 6.70. The fraction of sp³-hybridized carbons (Fsp3) is 0.154. The zero-order valence-electron chi connectivity index (χ0n) is 18.4. The summed E-state index contributed by atoms with van der Waals surface area (Å²) in [6.07, 6.45) is 1.94. The number of ether oxygens (including phenoxy) is 1. The lowest BCUT2D eigenvalue weighted by atomic mass is 10.1. The molecule has 3 aromatic carbocycles. The average molecular weight is 477 g/mol. The molecule has 0 atom stereocenters. The van der Waals surface area contributed by atoms with E-state index in [1.165, 1.54) is 0 Å². The highest BCUT2D eigenvalue weighted by Gasteiger charge is 2.28. The average Bonchev–Trinajstić information content (AvgIpc) is 3.11. The first-order valence-corrected chi connectivity index (χ1v) is 12.3. The molecule has 0 saturated heterocycles. The number of rotatable bonds is 9. The van der Waals surface area contributed by atoms with Gasteiger partial charge in [0.25, 0.3) is 15.9 Å². The summed E-state index contributed by atoms with van der Waals surface area (Å²) in [7, 11) is -3.78. The van der Waals surface area contributed by atoms with Crippen molar-refractivity contribution in [2.75, 3.05) is 6.54 Å². The normalized spacial score (nSPS) is 14.2. The van der Waals surface area contributed by atoms with Crippen LogP contribution < -0.4 is 14.8 Å². The van der Waals surface area contributed by atoms with Crippen molar-refractivity contribution in [3.05, 3.63) is 107 Å². The molecule has 0 bridgehead atoms. The van der Waals surface area contributed by atoms with Gasteiger partial charge in [0, 0.05) is 12.6 Å². The highest BCUT2D eigenvalue weighted by atomic mass is 32.2. The Hall–Kier alpha value is -3.91. The predicted molar refractivity (Wildman–Crippen MR) is 129 cm³/mol. The van der Waals surface area contributed by atoms with Crippen molar-refractivity contribution in [1.29, 1.82) is 0 Å². The topological polar surface area (TPSA) is 102 Å². The van der Waals surface area contributed by atoms with Crippen LogP contribution in [-0.2, 0) is 39.1 Å². The van der Waals surface area contributed by atoms with Crippen LogP contribution in [0.25, 0.3) is 4.91 Å². The summed E-state index contributed by atoms with van der Waals surface area (Å²) < 4.78 is 31.5. The number of nitrogens with one attached hydrogen (secondary N) is 2. The molecule has 3 aromatic rings. The van der Waals surface area contributed by atoms with Gasteiger partial charge in [-0.1, -0.05) is 66.7 Å². The maximum atomic E-state index is 12.3. The van der Waals surface area contributed by atoms with E-state index in [2.05, 4.69) is 5.32 Å². The van der Waals surface area contributed by atoms with Crippen LogP contribution in [0.15, 0.2) is 84.9 Å². The Balaban J connectivity index is 1.21. The van der Waals surface area contributed by atoms with Crippen LogP contribution in [0.1, 0.15) is 22.3 Å². The molecular formula is C26H24N2O5S. The SMILES string of the molecule is O=C1C=C(c2ccc(CCNC(=O)Cc3ccc(OCc4ccccc4)cc3)cc2)S(=O)(=O)N1. The number of sulfonamides is 1. The van der Waals surface area contributed by atoms with Gasteiger partial charge in [-0.05, 0) is 40.8 Å². The van der Waals surface area contributed by atoms with Crippen LogP contribution >= 0.6 is 0 Å². The maximum Gasteiger partial charge on any atom is 0.265 e. The van der Waals surface area contributed by atoms with Crippen LogP contribution in [0.4, 0.5) is 0 Å². The van der Waals surface area contributed by atoms with Gasteiger partial charge in [0.1, 0.15) is 17.3 Å². The second-order valence-electron chi connectivity index (χ2n) is 7.87. The Morgan fingerprint density at radius 3 is 2.18 bits per heavy atom. The van der Waals surface area contributed by atoms with E-state index in [-0.39, 0.29) is 17.2 Å². The van der Waals surface area contributed by atoms with Crippen molar-refractivity contribution >= 4 is 26.7 Å². The molecule has 4 rings (SSSR count). The smallest absolute Gasteiger partial charge is 0.265 e. The Labute approximate surface area is 198 Å². The van der Waals surface area contributed by atoms with E-state index in [9.17, 15) is 18.0 Å². The lowest BCUT2D eigenvalue weighted by molar-refractivity contribution is -0.120. The molecule has 0 saturated carbocycles. The summed E-state index contributed by atoms with van der Waals surface area (Å²) in [5.41, 5.74) is 3.37. The van der Waals surface area contributed by atoms with Gasteiger partial charge in [-0.25, -0.2) is 13.1 Å². The Morgan fingerprint density at radius 1 is 0.853 bits per heavy atom. The first-order chi connectivity index (χ1) is 16.4. The molecule has 1 aliphatic heterocycles. The van der Waals surface area contributed by atoms with Crippen LogP contribution in [0, 0.1) is 0 Å². The third-order valence-electron chi connectivity index (χ3n) is 5.30. The van der Waals surface area contributed by atoms with Gasteiger partial charge in [0.05, 0.1) is 6.42 Å². The third kappa shape index (κ3) is 6.11. The minimum atomic E-state index is -3.78. The zero-order chi connectivity index (χ0) is 24.0. The standard InChI is InChI=1S/C26H24N2O5S/c29-25(16-20-8-12-23(13-9-20)33-18-21-4-2-1-3-5-21)27-15-14-19-6-10-22(11-7-19)24-17-26(30)28-34(24,31)32/h1-13,17H,14-16,18H2,(H,27,29)(H,28,30). The number of benzene rings is 3. The minimum Gasteiger partial charge on any atom is -0.489 e. The molecule has 0 spiro atoms. The van der Waals surface area contributed by atoms with Crippen LogP contribution in [0.3, 0.4) is 0 Å². The molecule has 0 aromatic heterocycles. The van der Waals surface area contributed by atoms with Crippen molar-refractivity contribution in [3.8, 4) is 5.75 Å². The van der Waals surface area contributed by atoms with Gasteiger partial charge in [-0.3, -0.25) is 9.59 Å². The molecule has 0 unspecified atom stereocenters. The van der Waals surface area contributed by atoms with Gasteiger partial charge in [-0.15, -0.1) is 0 Å². The van der Waals surface area contributed by atoms with Crippen molar-refractivity contribution in [3.63, 3.8) is 0 Å². The quantitative estimate of drug-likeness (QED) is 0.495. The number of hydrogen-bond donors (Lipinski definition) is 2. The highest BCUT2D eigenvalue weighted by Crippen LogP contribution is 2.24. The molecule has 2 amide bonds. The lowest BCUT2D eigenvalue weighted by Crippen LogP contribution is -2.27. The van der Waals surface area contributed by atoms with Gasteiger partial charge in [-0.2, -0.15) is 0 Å². The Bertz CT molecular complexity index is 1300. The lowest BCUT2D eigenvalue weighted by Gasteiger charge is -2.09. The van der Waals surface area contributed by atoms with Crippen molar-refractivity contribution < 1.29 is 22.7 Å². The molecular weight excluding hydrogens is 452 g/mol. The first kappa shape index (κ1) is 23.3. The Morgan fingerprint density at radius 2 is 1.53 bits per heavy atom. The van der Waals surface area contributed by atoms with Crippen LogP contribution in [0.5, 0.6) is 5.75 Å². The summed E-state index contributed by atoms with van der Waals surface area (Å²) in [5.74, 6) is 0.0234. The second kappa shape index (κ2) is 10.4. The number of carbonyl (C=O) groups is 2. The minimum absolute atomic E-state index is 0.0335. The monoisotopic (exact) mass is 476 g/mol. The zero-order valence-corrected chi connectivity index (χ0v) is 19.2. The van der Waals surface area contributed by atoms with E-state index < -0.39 is 15.9 Å². The molecule has 1 heterocycles. The number of hydrogen-bond acceptors (Lipinski definition) is 5. The maximum absolute atomic E-state index is 12.3. The van der Waals surface area contributed by atoms with E-state index >= 15 is 0 Å². The fourth-order valence-corrected chi connectivity index (χ4v) is 4.67. The molecule has 1 aliphatic rings. The summed E-state index contributed by atoms with van der Waals surface area (Å²) >= 11 is 0. The van der Waals surface area contributed by atoms with E-state index in [1.54, 1.807) is 24.3 Å². The second-order valence-corrected chi connectivity index (χ2v) is 9.52. The van der Waals surface area contributed by atoms with Gasteiger partial charge < -0.3 is 10.1 Å². The first-order valence-electron chi connectivity index (χ1n) is 10.8. The van der Waals surface area contributed by atoms with E-state index in [0.29, 0.717) is 25.1 Å². The fourth-order valence-electron chi connectivity index (χ4n) is 3.53. The summed E-state index contributed by atoms with van der Waals surface area (Å²) in [6.45, 7) is 0.946. The number of amides is 2. The van der Waals surface area contributed by atoms with Gasteiger partial charge in [0.15, 0.2) is 0 Å². The molecule has 7 nitrogen and oxygen atoms in total. The van der Waals surface area contributed by atoms with Crippen molar-refractivity contribution in [2.24, 2.45) is 0 Å². The van der Waals surface area contributed by atoms with Crippen molar-refractivity contribution in [2.45, 2.75) is 19.4 Å². The van der Waals surface area contributed by atoms with E-state index in [1.807, 2.05) is 59.3 Å². The molecule has 2 N–H and O–H groups in total. The van der Waals surface area contributed by atoms with Gasteiger partial charge >= 0.3 is 0 Å². The van der Waals surface area contributed by atoms with E-state index in [4.69, 9.17) is 4.74 Å². The van der Waals surface area contributed by atoms with E-state index in [0.717, 1.165) is 28.5 Å². The predicted octanol–water partition coefficient (Wildman–Crippen LogP) is 2.97. The Kier molecular flexibility index (Phi) is 7.08. The van der Waals surface area contributed by atoms with Crippen molar-refractivity contribution in [1.82, 2.24) is 10.0 Å². The summed E-state index contributed by atoms with van der Waals surface area (Å²) in [5, 5.41) is 2.90. The molecule has 174 valence electrons. The molecule has 0 radical (unpaired) electrons. The molecule has 34 heavy (non-hydrogen) atoms.